The average Bonchev–Trinajstić information content (AvgIpc) is 2.44. The third-order valence-corrected chi connectivity index (χ3v) is 3.11. The molecular formula is C15H19N3O. The minimum absolute atomic E-state index is 0.105. The summed E-state index contributed by atoms with van der Waals surface area (Å²) < 4.78 is 0. The van der Waals surface area contributed by atoms with Crippen LogP contribution in [0.4, 0.5) is 0 Å². The number of nitrogens with one attached hydrogen (secondary N) is 1. The van der Waals surface area contributed by atoms with E-state index in [0.29, 0.717) is 18.8 Å². The molecule has 0 bridgehead atoms. The molecule has 4 heteroatoms. The van der Waals surface area contributed by atoms with Crippen LogP contribution >= 0.6 is 0 Å². The maximum atomic E-state index is 12.0. The Morgan fingerprint density at radius 2 is 2.00 bits per heavy atom. The Kier molecular flexibility index (Phi) is 3.81. The molecule has 0 fully saturated rings. The number of hydrogen-bond donors (Lipinski definition) is 2. The van der Waals surface area contributed by atoms with Gasteiger partial charge in [0.05, 0.1) is 5.52 Å². The number of carbonyl (C=O) groups is 1. The largest absolute Gasteiger partial charge is 0.350 e. The van der Waals surface area contributed by atoms with Gasteiger partial charge in [0.25, 0.3) is 5.91 Å². The van der Waals surface area contributed by atoms with Crippen LogP contribution in [0.15, 0.2) is 36.4 Å². The molecule has 1 aromatic heterocycles. The third kappa shape index (κ3) is 3.29. The van der Waals surface area contributed by atoms with Crippen LogP contribution in [-0.4, -0.2) is 24.0 Å². The Morgan fingerprint density at radius 3 is 2.74 bits per heavy atom. The number of aromatic nitrogens is 1. The molecule has 0 atom stereocenters. The van der Waals surface area contributed by atoms with Gasteiger partial charge in [-0.1, -0.05) is 38.1 Å². The van der Waals surface area contributed by atoms with E-state index in [1.165, 1.54) is 0 Å². The molecule has 1 heterocycles. The molecule has 0 saturated carbocycles. The van der Waals surface area contributed by atoms with E-state index in [1.807, 2.05) is 44.2 Å². The number of benzene rings is 1. The summed E-state index contributed by atoms with van der Waals surface area (Å²) in [5.74, 6) is -0.160. The molecule has 0 spiro atoms. The molecule has 0 unspecified atom stereocenters. The highest BCUT2D eigenvalue weighted by Gasteiger charge is 2.17. The van der Waals surface area contributed by atoms with E-state index in [0.717, 1.165) is 10.9 Å². The van der Waals surface area contributed by atoms with Crippen molar-refractivity contribution in [3.05, 3.63) is 42.1 Å². The predicted octanol–water partition coefficient (Wildman–Crippen LogP) is 1.95. The van der Waals surface area contributed by atoms with E-state index in [2.05, 4.69) is 10.3 Å². The highest BCUT2D eigenvalue weighted by molar-refractivity contribution is 5.94. The van der Waals surface area contributed by atoms with Gasteiger partial charge in [0, 0.05) is 11.9 Å². The second kappa shape index (κ2) is 5.36. The third-order valence-electron chi connectivity index (χ3n) is 3.11. The van der Waals surface area contributed by atoms with E-state index in [9.17, 15) is 4.79 Å². The van der Waals surface area contributed by atoms with Crippen molar-refractivity contribution in [2.24, 2.45) is 11.1 Å². The van der Waals surface area contributed by atoms with E-state index in [4.69, 9.17) is 5.73 Å². The number of nitrogens with two attached hydrogens (primary N) is 1. The fourth-order valence-electron chi connectivity index (χ4n) is 1.67. The van der Waals surface area contributed by atoms with Crippen LogP contribution in [-0.2, 0) is 0 Å². The zero-order valence-electron chi connectivity index (χ0n) is 11.3. The first-order valence-electron chi connectivity index (χ1n) is 6.36. The van der Waals surface area contributed by atoms with Crippen LogP contribution in [0.3, 0.4) is 0 Å². The summed E-state index contributed by atoms with van der Waals surface area (Å²) in [5.41, 5.74) is 6.80. The molecule has 3 N–H and O–H groups in total. The van der Waals surface area contributed by atoms with E-state index >= 15 is 0 Å². The molecule has 0 radical (unpaired) electrons. The topological polar surface area (TPSA) is 68.0 Å². The lowest BCUT2D eigenvalue weighted by atomic mass is 9.94. The number of hydrogen-bond acceptors (Lipinski definition) is 3. The lowest BCUT2D eigenvalue weighted by Gasteiger charge is -2.22. The predicted molar refractivity (Wildman–Crippen MR) is 76.9 cm³/mol. The number of para-hydroxylation sites is 1. The summed E-state index contributed by atoms with van der Waals surface area (Å²) in [6.45, 7) is 5.09. The smallest absolute Gasteiger partial charge is 0.269 e. The van der Waals surface area contributed by atoms with Gasteiger partial charge < -0.3 is 11.1 Å². The van der Waals surface area contributed by atoms with Crippen molar-refractivity contribution in [1.29, 1.82) is 0 Å². The lowest BCUT2D eigenvalue weighted by Crippen LogP contribution is -2.38. The number of pyridine rings is 1. The molecule has 0 aliphatic carbocycles. The molecule has 19 heavy (non-hydrogen) atoms. The van der Waals surface area contributed by atoms with E-state index in [1.54, 1.807) is 6.07 Å². The van der Waals surface area contributed by atoms with Gasteiger partial charge in [-0.15, -0.1) is 0 Å². The van der Waals surface area contributed by atoms with Crippen LogP contribution in [0.25, 0.3) is 10.9 Å². The summed E-state index contributed by atoms with van der Waals surface area (Å²) in [7, 11) is 0. The first kappa shape index (κ1) is 13.5. The van der Waals surface area contributed by atoms with Crippen LogP contribution in [0.1, 0.15) is 24.3 Å². The van der Waals surface area contributed by atoms with Crippen LogP contribution in [0.5, 0.6) is 0 Å². The Bertz CT molecular complexity index is 593. The number of fused-ring (bicyclic) bond motifs is 1. The summed E-state index contributed by atoms with van der Waals surface area (Å²) in [6.07, 6.45) is 0. The molecule has 100 valence electrons. The summed E-state index contributed by atoms with van der Waals surface area (Å²) in [5, 5.41) is 3.90. The zero-order chi connectivity index (χ0) is 13.9. The van der Waals surface area contributed by atoms with Crippen LogP contribution in [0, 0.1) is 5.41 Å². The molecule has 0 aliphatic heterocycles. The summed E-state index contributed by atoms with van der Waals surface area (Å²) in [4.78, 5) is 16.4. The highest BCUT2D eigenvalue weighted by atomic mass is 16.1. The van der Waals surface area contributed by atoms with E-state index in [-0.39, 0.29) is 11.3 Å². The monoisotopic (exact) mass is 257 g/mol. The second-order valence-electron chi connectivity index (χ2n) is 5.44. The summed E-state index contributed by atoms with van der Waals surface area (Å²) in [6, 6.07) is 11.4. The Hall–Kier alpha value is -1.94. The standard InChI is InChI=1S/C15H19N3O/c1-15(2,9-16)10-17-14(19)13-8-7-11-5-3-4-6-12(11)18-13/h3-8H,9-10,16H2,1-2H3,(H,17,19). The van der Waals surface area contributed by atoms with Crippen molar-refractivity contribution in [3.63, 3.8) is 0 Å². The van der Waals surface area contributed by atoms with Gasteiger partial charge in [0.15, 0.2) is 0 Å². The lowest BCUT2D eigenvalue weighted by molar-refractivity contribution is 0.0933. The molecule has 1 amide bonds. The van der Waals surface area contributed by atoms with Gasteiger partial charge in [0.2, 0.25) is 0 Å². The van der Waals surface area contributed by atoms with Crippen molar-refractivity contribution < 1.29 is 4.79 Å². The van der Waals surface area contributed by atoms with Gasteiger partial charge >= 0.3 is 0 Å². The first-order valence-corrected chi connectivity index (χ1v) is 6.36. The minimum atomic E-state index is -0.160. The number of nitrogens with zero attached hydrogens (tertiary/aromatic N) is 1. The van der Waals surface area contributed by atoms with Crippen molar-refractivity contribution in [2.75, 3.05) is 13.1 Å². The number of amides is 1. The number of carbonyl (C=O) groups excluding carboxylic acids is 1. The first-order chi connectivity index (χ1) is 9.02. The fraction of sp³-hybridized carbons (Fsp3) is 0.333. The molecule has 4 nitrogen and oxygen atoms in total. The number of rotatable bonds is 4. The second-order valence-corrected chi connectivity index (χ2v) is 5.44. The van der Waals surface area contributed by atoms with Gasteiger partial charge in [-0.25, -0.2) is 4.98 Å². The molecule has 1 aromatic carbocycles. The highest BCUT2D eigenvalue weighted by Crippen LogP contribution is 2.13. The Labute approximate surface area is 113 Å². The summed E-state index contributed by atoms with van der Waals surface area (Å²) >= 11 is 0. The zero-order valence-corrected chi connectivity index (χ0v) is 11.3. The Balaban J connectivity index is 2.13. The normalized spacial score (nSPS) is 11.5. The van der Waals surface area contributed by atoms with Crippen molar-refractivity contribution >= 4 is 16.8 Å². The molecule has 0 aliphatic rings. The van der Waals surface area contributed by atoms with Gasteiger partial charge in [-0.2, -0.15) is 0 Å². The van der Waals surface area contributed by atoms with Crippen LogP contribution < -0.4 is 11.1 Å². The molecular weight excluding hydrogens is 238 g/mol. The minimum Gasteiger partial charge on any atom is -0.350 e. The SMILES string of the molecule is CC(C)(CN)CNC(=O)c1ccc2ccccc2n1. The van der Waals surface area contributed by atoms with Crippen molar-refractivity contribution in [1.82, 2.24) is 10.3 Å². The maximum absolute atomic E-state index is 12.0. The van der Waals surface area contributed by atoms with Gasteiger partial charge in [-0.05, 0) is 24.1 Å². The quantitative estimate of drug-likeness (QED) is 0.879. The Morgan fingerprint density at radius 1 is 1.26 bits per heavy atom. The average molecular weight is 257 g/mol. The van der Waals surface area contributed by atoms with E-state index < -0.39 is 0 Å². The molecule has 2 rings (SSSR count). The van der Waals surface area contributed by atoms with Crippen molar-refractivity contribution in [2.45, 2.75) is 13.8 Å². The van der Waals surface area contributed by atoms with Gasteiger partial charge in [0.1, 0.15) is 5.69 Å². The maximum Gasteiger partial charge on any atom is 0.269 e. The molecule has 2 aromatic rings. The van der Waals surface area contributed by atoms with Crippen LogP contribution in [0.2, 0.25) is 0 Å². The van der Waals surface area contributed by atoms with Crippen molar-refractivity contribution in [3.8, 4) is 0 Å². The fourth-order valence-corrected chi connectivity index (χ4v) is 1.67. The molecule has 0 saturated heterocycles. The van der Waals surface area contributed by atoms with Gasteiger partial charge in [-0.3, -0.25) is 4.79 Å².